The Balaban J connectivity index is 1.40. The molecule has 0 radical (unpaired) electrons. The van der Waals surface area contributed by atoms with Gasteiger partial charge in [-0.15, -0.1) is 0 Å². The zero-order valence-electron chi connectivity index (χ0n) is 16.6. The Labute approximate surface area is 166 Å². The summed E-state index contributed by atoms with van der Waals surface area (Å²) in [7, 11) is 0. The molecule has 2 fully saturated rings. The van der Waals surface area contributed by atoms with E-state index in [-0.39, 0.29) is 23.1 Å². The van der Waals surface area contributed by atoms with Gasteiger partial charge in [-0.05, 0) is 48.1 Å². The second-order valence-electron chi connectivity index (χ2n) is 8.62. The number of nitrogens with zero attached hydrogens (tertiary/aromatic N) is 2. The van der Waals surface area contributed by atoms with E-state index in [0.717, 1.165) is 48.7 Å². The Morgan fingerprint density at radius 2 is 1.75 bits per heavy atom. The van der Waals surface area contributed by atoms with E-state index in [9.17, 15) is 9.59 Å². The normalized spacial score (nSPS) is 23.4. The molecule has 4 rings (SSSR count). The fourth-order valence-electron chi connectivity index (χ4n) is 4.55. The lowest BCUT2D eigenvalue weighted by Gasteiger charge is -2.34. The number of hydrogen-bond donors (Lipinski definition) is 1. The van der Waals surface area contributed by atoms with Gasteiger partial charge in [0.15, 0.2) is 0 Å². The number of hydrogen-bond acceptors (Lipinski definition) is 3. The van der Waals surface area contributed by atoms with Crippen LogP contribution in [0.5, 0.6) is 0 Å². The minimum Gasteiger partial charge on any atom is -0.342 e. The van der Waals surface area contributed by atoms with Gasteiger partial charge in [0.2, 0.25) is 5.91 Å². The van der Waals surface area contributed by atoms with E-state index in [2.05, 4.69) is 6.92 Å². The molecule has 2 aliphatic rings. The van der Waals surface area contributed by atoms with E-state index in [1.165, 1.54) is 0 Å². The molecule has 2 saturated heterocycles. The second kappa shape index (κ2) is 7.55. The summed E-state index contributed by atoms with van der Waals surface area (Å²) in [6.07, 6.45) is 2.46. The first-order valence-electron chi connectivity index (χ1n) is 10.3. The molecule has 0 aromatic heterocycles. The van der Waals surface area contributed by atoms with Crippen LogP contribution < -0.4 is 5.73 Å². The van der Waals surface area contributed by atoms with Crippen LogP contribution in [0.1, 0.15) is 36.5 Å². The molecule has 5 nitrogen and oxygen atoms in total. The van der Waals surface area contributed by atoms with Crippen LogP contribution in [-0.2, 0) is 4.79 Å². The molecule has 2 amide bonds. The van der Waals surface area contributed by atoms with Crippen LogP contribution in [-0.4, -0.2) is 54.3 Å². The third-order valence-electron chi connectivity index (χ3n) is 6.51. The molecule has 2 heterocycles. The molecule has 2 aliphatic heterocycles. The fraction of sp³-hybridized carbons (Fsp3) is 0.478. The summed E-state index contributed by atoms with van der Waals surface area (Å²) in [6.45, 7) is 5.63. The smallest absolute Gasteiger partial charge is 0.254 e. The average molecular weight is 380 g/mol. The Bertz CT molecular complexity index is 883. The molecule has 1 atom stereocenters. The maximum atomic E-state index is 13.1. The average Bonchev–Trinajstić information content (AvgIpc) is 3.15. The van der Waals surface area contributed by atoms with Gasteiger partial charge in [-0.1, -0.05) is 43.3 Å². The number of rotatable bonds is 3. The maximum Gasteiger partial charge on any atom is 0.254 e. The van der Waals surface area contributed by atoms with Crippen molar-refractivity contribution in [3.8, 4) is 0 Å². The van der Waals surface area contributed by atoms with Crippen molar-refractivity contribution >= 4 is 22.6 Å². The number of carbonyl (C=O) groups excluding carboxylic acids is 2. The number of nitrogens with two attached hydrogens (primary N) is 1. The molecule has 0 spiro atoms. The highest BCUT2D eigenvalue weighted by molar-refractivity contribution is 6.07. The van der Waals surface area contributed by atoms with E-state index in [0.29, 0.717) is 19.6 Å². The highest BCUT2D eigenvalue weighted by atomic mass is 16.2. The molecular weight excluding hydrogens is 350 g/mol. The van der Waals surface area contributed by atoms with Crippen molar-refractivity contribution < 1.29 is 9.59 Å². The van der Waals surface area contributed by atoms with Gasteiger partial charge < -0.3 is 15.5 Å². The summed E-state index contributed by atoms with van der Waals surface area (Å²) < 4.78 is 0. The van der Waals surface area contributed by atoms with E-state index in [4.69, 9.17) is 5.73 Å². The lowest BCUT2D eigenvalue weighted by atomic mass is 9.90. The van der Waals surface area contributed by atoms with Crippen LogP contribution in [0.3, 0.4) is 0 Å². The van der Waals surface area contributed by atoms with E-state index >= 15 is 0 Å². The van der Waals surface area contributed by atoms with Crippen molar-refractivity contribution in [2.24, 2.45) is 17.1 Å². The molecule has 0 bridgehead atoms. The zero-order chi connectivity index (χ0) is 19.7. The molecule has 28 heavy (non-hydrogen) atoms. The Kier molecular flexibility index (Phi) is 5.11. The third-order valence-corrected chi connectivity index (χ3v) is 6.51. The van der Waals surface area contributed by atoms with Gasteiger partial charge in [0, 0.05) is 37.7 Å². The monoisotopic (exact) mass is 379 g/mol. The highest BCUT2D eigenvalue weighted by Gasteiger charge is 2.38. The third kappa shape index (κ3) is 3.51. The molecule has 2 aromatic carbocycles. The topological polar surface area (TPSA) is 66.6 Å². The van der Waals surface area contributed by atoms with Crippen LogP contribution in [0.2, 0.25) is 0 Å². The van der Waals surface area contributed by atoms with Gasteiger partial charge in [0.25, 0.3) is 5.91 Å². The standard InChI is InChI=1S/C23H29N3O2/c1-23(15-24)11-14-26(16-23)21(27)18-9-12-25(13-10-18)22(28)20-8-4-6-17-5-2-3-7-19(17)20/h2-8,18H,9-16,24H2,1H3. The van der Waals surface area contributed by atoms with Gasteiger partial charge in [0.1, 0.15) is 0 Å². The summed E-state index contributed by atoms with van der Waals surface area (Å²) in [5.41, 5.74) is 6.68. The van der Waals surface area contributed by atoms with Crippen molar-refractivity contribution in [2.75, 3.05) is 32.7 Å². The summed E-state index contributed by atoms with van der Waals surface area (Å²) in [5.74, 6) is 0.339. The summed E-state index contributed by atoms with van der Waals surface area (Å²) in [5, 5.41) is 2.07. The first kappa shape index (κ1) is 18.9. The summed E-state index contributed by atoms with van der Waals surface area (Å²) in [4.78, 5) is 29.9. The molecule has 2 aromatic rings. The maximum absolute atomic E-state index is 13.1. The van der Waals surface area contributed by atoms with Crippen molar-refractivity contribution in [1.29, 1.82) is 0 Å². The molecule has 5 heteroatoms. The van der Waals surface area contributed by atoms with Gasteiger partial charge >= 0.3 is 0 Å². The van der Waals surface area contributed by atoms with Crippen LogP contribution in [0.15, 0.2) is 42.5 Å². The predicted octanol–water partition coefficient (Wildman–Crippen LogP) is 2.89. The first-order chi connectivity index (χ1) is 13.5. The molecular formula is C23H29N3O2. The molecule has 0 aliphatic carbocycles. The Hall–Kier alpha value is -2.40. The SMILES string of the molecule is CC1(CN)CCN(C(=O)C2CCN(C(=O)c3cccc4ccccc34)CC2)C1. The molecule has 2 N–H and O–H groups in total. The van der Waals surface area contributed by atoms with Gasteiger partial charge in [-0.25, -0.2) is 0 Å². The van der Waals surface area contributed by atoms with Gasteiger partial charge in [-0.2, -0.15) is 0 Å². The van der Waals surface area contributed by atoms with Crippen molar-refractivity contribution in [3.05, 3.63) is 48.0 Å². The Morgan fingerprint density at radius 3 is 2.46 bits per heavy atom. The van der Waals surface area contributed by atoms with E-state index < -0.39 is 0 Å². The van der Waals surface area contributed by atoms with Crippen LogP contribution in [0.4, 0.5) is 0 Å². The van der Waals surface area contributed by atoms with Crippen molar-refractivity contribution in [3.63, 3.8) is 0 Å². The molecule has 1 unspecified atom stereocenters. The molecule has 148 valence electrons. The van der Waals surface area contributed by atoms with Crippen LogP contribution >= 0.6 is 0 Å². The quantitative estimate of drug-likeness (QED) is 0.892. The zero-order valence-corrected chi connectivity index (χ0v) is 16.6. The lowest BCUT2D eigenvalue weighted by molar-refractivity contribution is -0.136. The van der Waals surface area contributed by atoms with Crippen molar-refractivity contribution in [2.45, 2.75) is 26.2 Å². The number of benzene rings is 2. The van der Waals surface area contributed by atoms with E-state index in [1.807, 2.05) is 52.3 Å². The summed E-state index contributed by atoms with van der Waals surface area (Å²) in [6, 6.07) is 13.9. The number of likely N-dealkylation sites (tertiary alicyclic amines) is 2. The fourth-order valence-corrected chi connectivity index (χ4v) is 4.55. The van der Waals surface area contributed by atoms with Crippen molar-refractivity contribution in [1.82, 2.24) is 9.80 Å². The minimum absolute atomic E-state index is 0.0247. The lowest BCUT2D eigenvalue weighted by Crippen LogP contribution is -2.44. The highest BCUT2D eigenvalue weighted by Crippen LogP contribution is 2.31. The summed E-state index contributed by atoms with van der Waals surface area (Å²) >= 11 is 0. The number of piperidine rings is 1. The first-order valence-corrected chi connectivity index (χ1v) is 10.3. The predicted molar refractivity (Wildman–Crippen MR) is 111 cm³/mol. The molecule has 0 saturated carbocycles. The minimum atomic E-state index is 0.0247. The van der Waals surface area contributed by atoms with Crippen LogP contribution in [0, 0.1) is 11.3 Å². The second-order valence-corrected chi connectivity index (χ2v) is 8.62. The number of fused-ring (bicyclic) bond motifs is 1. The number of amides is 2. The Morgan fingerprint density at radius 1 is 1.04 bits per heavy atom. The van der Waals surface area contributed by atoms with Gasteiger partial charge in [-0.3, -0.25) is 9.59 Å². The van der Waals surface area contributed by atoms with Gasteiger partial charge in [0.05, 0.1) is 0 Å². The van der Waals surface area contributed by atoms with Crippen LogP contribution in [0.25, 0.3) is 10.8 Å². The largest absolute Gasteiger partial charge is 0.342 e. The number of carbonyl (C=O) groups is 2. The van der Waals surface area contributed by atoms with E-state index in [1.54, 1.807) is 0 Å².